The zero-order valence-corrected chi connectivity index (χ0v) is 10.6. The van der Waals surface area contributed by atoms with Crippen molar-refractivity contribution in [2.75, 3.05) is 5.73 Å². The van der Waals surface area contributed by atoms with Crippen LogP contribution in [0.25, 0.3) is 11.1 Å². The van der Waals surface area contributed by atoms with Crippen LogP contribution in [0.3, 0.4) is 0 Å². The lowest BCUT2D eigenvalue weighted by molar-refractivity contribution is 0.630. The number of halogens is 3. The van der Waals surface area contributed by atoms with Crippen molar-refractivity contribution in [3.63, 3.8) is 0 Å². The Labute approximate surface area is 109 Å². The highest BCUT2D eigenvalue weighted by atomic mass is 35.5. The fraction of sp³-hybridized carbons (Fsp3) is 0.0769. The summed E-state index contributed by atoms with van der Waals surface area (Å²) in [5, 5.41) is 0.690. The second-order valence-electron chi connectivity index (χ2n) is 3.84. The van der Waals surface area contributed by atoms with Gasteiger partial charge in [-0.1, -0.05) is 35.3 Å². The molecule has 88 valence electrons. The molecule has 0 heterocycles. The Morgan fingerprint density at radius 1 is 1.06 bits per heavy atom. The van der Waals surface area contributed by atoms with E-state index in [1.54, 1.807) is 24.3 Å². The summed E-state index contributed by atoms with van der Waals surface area (Å²) in [7, 11) is 0. The predicted octanol–water partition coefficient (Wildman–Crippen LogP) is 4.69. The van der Waals surface area contributed by atoms with Gasteiger partial charge in [-0.2, -0.15) is 0 Å². The van der Waals surface area contributed by atoms with Crippen LogP contribution in [-0.2, 0) is 0 Å². The van der Waals surface area contributed by atoms with Crippen molar-refractivity contribution in [2.24, 2.45) is 0 Å². The summed E-state index contributed by atoms with van der Waals surface area (Å²) in [6, 6.07) is 8.03. The number of aryl methyl sites for hydroxylation is 1. The van der Waals surface area contributed by atoms with Gasteiger partial charge in [0.25, 0.3) is 0 Å². The van der Waals surface area contributed by atoms with Crippen molar-refractivity contribution in [3.05, 3.63) is 51.8 Å². The summed E-state index contributed by atoms with van der Waals surface area (Å²) in [5.41, 5.74) is 7.75. The molecule has 17 heavy (non-hydrogen) atoms. The fourth-order valence-corrected chi connectivity index (χ4v) is 2.38. The third-order valence-electron chi connectivity index (χ3n) is 2.46. The maximum Gasteiger partial charge on any atom is 0.131 e. The summed E-state index contributed by atoms with van der Waals surface area (Å²) < 4.78 is 13.8. The summed E-state index contributed by atoms with van der Waals surface area (Å²) in [6.45, 7) is 1.82. The number of anilines is 1. The van der Waals surface area contributed by atoms with Gasteiger partial charge in [0, 0.05) is 16.8 Å². The Morgan fingerprint density at radius 3 is 2.18 bits per heavy atom. The first-order valence-corrected chi connectivity index (χ1v) is 5.75. The summed E-state index contributed by atoms with van der Waals surface area (Å²) in [4.78, 5) is 0. The quantitative estimate of drug-likeness (QED) is 0.747. The van der Waals surface area contributed by atoms with Gasteiger partial charge in [0.15, 0.2) is 0 Å². The van der Waals surface area contributed by atoms with Gasteiger partial charge >= 0.3 is 0 Å². The molecule has 1 nitrogen and oxygen atoms in total. The first-order chi connectivity index (χ1) is 7.99. The molecule has 0 amide bonds. The number of hydrogen-bond donors (Lipinski definition) is 1. The molecular weight excluding hydrogens is 260 g/mol. The van der Waals surface area contributed by atoms with Gasteiger partial charge in [-0.05, 0) is 30.7 Å². The molecule has 0 radical (unpaired) electrons. The average molecular weight is 270 g/mol. The molecule has 0 spiro atoms. The topological polar surface area (TPSA) is 26.0 Å². The summed E-state index contributed by atoms with van der Waals surface area (Å²) in [6.07, 6.45) is 0. The molecule has 2 rings (SSSR count). The van der Waals surface area contributed by atoms with Gasteiger partial charge in [0.2, 0.25) is 0 Å². The standard InChI is InChI=1S/C13H10Cl2FN/c1-7-2-3-9(12(16)4-7)13-10(14)5-8(17)6-11(13)15/h2-6H,17H2,1H3. The SMILES string of the molecule is Cc1ccc(-c2c(Cl)cc(N)cc2Cl)c(F)c1. The Bertz CT molecular complexity index is 559. The third kappa shape index (κ3) is 2.38. The van der Waals surface area contributed by atoms with E-state index >= 15 is 0 Å². The van der Waals surface area contributed by atoms with E-state index in [2.05, 4.69) is 0 Å². The van der Waals surface area contributed by atoms with Gasteiger partial charge in [-0.3, -0.25) is 0 Å². The number of benzene rings is 2. The van der Waals surface area contributed by atoms with Crippen molar-refractivity contribution < 1.29 is 4.39 Å². The van der Waals surface area contributed by atoms with Crippen LogP contribution in [0.1, 0.15) is 5.56 Å². The second kappa shape index (κ2) is 4.55. The molecule has 2 N–H and O–H groups in total. The van der Waals surface area contributed by atoms with E-state index in [9.17, 15) is 4.39 Å². The van der Waals surface area contributed by atoms with Crippen molar-refractivity contribution >= 4 is 28.9 Å². The van der Waals surface area contributed by atoms with Crippen molar-refractivity contribution in [3.8, 4) is 11.1 Å². The number of rotatable bonds is 1. The smallest absolute Gasteiger partial charge is 0.131 e. The summed E-state index contributed by atoms with van der Waals surface area (Å²) >= 11 is 12.1. The van der Waals surface area contributed by atoms with E-state index in [4.69, 9.17) is 28.9 Å². The number of nitrogen functional groups attached to an aromatic ring is 1. The first-order valence-electron chi connectivity index (χ1n) is 5.00. The minimum absolute atomic E-state index is 0.345. The van der Waals surface area contributed by atoms with E-state index in [1.165, 1.54) is 6.07 Å². The second-order valence-corrected chi connectivity index (χ2v) is 4.66. The van der Waals surface area contributed by atoms with E-state index in [1.807, 2.05) is 6.92 Å². The monoisotopic (exact) mass is 269 g/mol. The highest BCUT2D eigenvalue weighted by Crippen LogP contribution is 2.37. The zero-order valence-electron chi connectivity index (χ0n) is 9.10. The highest BCUT2D eigenvalue weighted by Gasteiger charge is 2.13. The largest absolute Gasteiger partial charge is 0.399 e. The van der Waals surface area contributed by atoms with E-state index in [0.29, 0.717) is 26.9 Å². The van der Waals surface area contributed by atoms with Crippen molar-refractivity contribution in [1.82, 2.24) is 0 Å². The molecule has 4 heteroatoms. The molecule has 2 aromatic rings. The van der Waals surface area contributed by atoms with Gasteiger partial charge in [0.05, 0.1) is 10.0 Å². The van der Waals surface area contributed by atoms with Gasteiger partial charge in [-0.25, -0.2) is 4.39 Å². The first kappa shape index (κ1) is 12.2. The van der Waals surface area contributed by atoms with Crippen LogP contribution in [0.5, 0.6) is 0 Å². The van der Waals surface area contributed by atoms with Crippen LogP contribution in [0, 0.1) is 12.7 Å². The van der Waals surface area contributed by atoms with Crippen LogP contribution in [0.2, 0.25) is 10.0 Å². The average Bonchev–Trinajstić information content (AvgIpc) is 2.19. The van der Waals surface area contributed by atoms with Gasteiger partial charge < -0.3 is 5.73 Å². The molecule has 0 saturated heterocycles. The Hall–Kier alpha value is -1.25. The maximum atomic E-state index is 13.8. The number of nitrogens with two attached hydrogens (primary N) is 1. The lowest BCUT2D eigenvalue weighted by Crippen LogP contribution is -1.91. The molecule has 0 aliphatic rings. The van der Waals surface area contributed by atoms with Crippen molar-refractivity contribution in [2.45, 2.75) is 6.92 Å². The highest BCUT2D eigenvalue weighted by molar-refractivity contribution is 6.39. The van der Waals surface area contributed by atoms with Crippen LogP contribution in [0.4, 0.5) is 10.1 Å². The van der Waals surface area contributed by atoms with Gasteiger partial charge in [-0.15, -0.1) is 0 Å². The van der Waals surface area contributed by atoms with Gasteiger partial charge in [0.1, 0.15) is 5.82 Å². The Morgan fingerprint density at radius 2 is 1.65 bits per heavy atom. The van der Waals surface area contributed by atoms with Crippen LogP contribution in [0.15, 0.2) is 30.3 Å². The zero-order chi connectivity index (χ0) is 12.6. The van der Waals surface area contributed by atoms with Crippen LogP contribution in [-0.4, -0.2) is 0 Å². The normalized spacial score (nSPS) is 10.6. The summed E-state index contributed by atoms with van der Waals surface area (Å²) in [5.74, 6) is -0.349. The van der Waals surface area contributed by atoms with Crippen LogP contribution >= 0.6 is 23.2 Å². The van der Waals surface area contributed by atoms with E-state index in [0.717, 1.165) is 5.56 Å². The molecule has 0 bridgehead atoms. The Kier molecular flexibility index (Phi) is 3.27. The lowest BCUT2D eigenvalue weighted by Gasteiger charge is -2.10. The van der Waals surface area contributed by atoms with Crippen molar-refractivity contribution in [1.29, 1.82) is 0 Å². The molecule has 0 aromatic heterocycles. The lowest BCUT2D eigenvalue weighted by atomic mass is 10.0. The molecule has 0 aliphatic carbocycles. The molecule has 0 saturated carbocycles. The van der Waals surface area contributed by atoms with E-state index in [-0.39, 0.29) is 5.82 Å². The Balaban J connectivity index is 2.68. The molecule has 0 fully saturated rings. The minimum Gasteiger partial charge on any atom is -0.399 e. The number of hydrogen-bond acceptors (Lipinski definition) is 1. The van der Waals surface area contributed by atoms with Crippen LogP contribution < -0.4 is 5.73 Å². The molecular formula is C13H10Cl2FN. The fourth-order valence-electron chi connectivity index (χ4n) is 1.67. The molecule has 0 atom stereocenters. The molecule has 2 aromatic carbocycles. The van der Waals surface area contributed by atoms with E-state index < -0.39 is 0 Å². The minimum atomic E-state index is -0.349. The molecule has 0 unspecified atom stereocenters. The third-order valence-corrected chi connectivity index (χ3v) is 3.05. The maximum absolute atomic E-state index is 13.8. The molecule has 0 aliphatic heterocycles. The predicted molar refractivity (Wildman–Crippen MR) is 71.0 cm³/mol.